The molecule has 1 aromatic rings. The molecule has 3 heteroatoms. The van der Waals surface area contributed by atoms with Crippen LogP contribution in [0.5, 0.6) is 0 Å². The van der Waals surface area contributed by atoms with E-state index in [9.17, 15) is 5.11 Å². The molecule has 0 atom stereocenters. The van der Waals surface area contributed by atoms with Gasteiger partial charge in [-0.2, -0.15) is 0 Å². The molecule has 79 valence electrons. The Kier molecular flexibility index (Phi) is 16.3. The molecule has 0 N–H and O–H groups in total. The van der Waals surface area contributed by atoms with Crippen molar-refractivity contribution in [3.63, 3.8) is 0 Å². The topological polar surface area (TPSA) is 59.7 Å². The van der Waals surface area contributed by atoms with Gasteiger partial charge in [0.2, 0.25) is 0 Å². The van der Waals surface area contributed by atoms with Gasteiger partial charge in [0.15, 0.2) is 0 Å². The van der Waals surface area contributed by atoms with E-state index in [1.807, 2.05) is 30.3 Å². The molecule has 0 amide bonds. The molecule has 1 rings (SSSR count). The Morgan fingerprint density at radius 2 is 1.21 bits per heavy atom. The van der Waals surface area contributed by atoms with Crippen molar-refractivity contribution in [2.24, 2.45) is 0 Å². The second kappa shape index (κ2) is 14.6. The summed E-state index contributed by atoms with van der Waals surface area (Å²) in [5, 5.41) is 28.0. The fourth-order valence-corrected chi connectivity index (χ4v) is 0.574. The van der Waals surface area contributed by atoms with Gasteiger partial charge in [0.1, 0.15) is 6.61 Å². The molecular weight excluding hydrogens is 180 g/mol. The van der Waals surface area contributed by atoms with Crippen LogP contribution < -0.4 is 0 Å². The Bertz CT molecular complexity index is 173. The van der Waals surface area contributed by atoms with E-state index < -0.39 is 0 Å². The first-order chi connectivity index (χ1) is 6.76. The maximum atomic E-state index is 10.1. The lowest BCUT2D eigenvalue weighted by molar-refractivity contribution is 0.177. The fourth-order valence-electron chi connectivity index (χ4n) is 0.574. The molecule has 1 aromatic carbocycles. The number of benzene rings is 1. The van der Waals surface area contributed by atoms with Gasteiger partial charge in [-0.3, -0.25) is 0 Å². The smallest absolute Gasteiger partial charge is 0.107 e. The van der Waals surface area contributed by atoms with Gasteiger partial charge in [-0.15, -0.1) is 0 Å². The van der Waals surface area contributed by atoms with Crippen molar-refractivity contribution >= 4 is 0 Å². The summed E-state index contributed by atoms with van der Waals surface area (Å²) in [5.41, 5.74) is 0.854. The Morgan fingerprint density at radius 3 is 1.43 bits per heavy atom. The van der Waals surface area contributed by atoms with Gasteiger partial charge < -0.3 is 0 Å². The molecule has 0 saturated carbocycles. The van der Waals surface area contributed by atoms with Gasteiger partial charge in [-0.1, -0.05) is 30.3 Å². The van der Waals surface area contributed by atoms with E-state index in [2.05, 4.69) is 0 Å². The standard InChI is InChI=1S/C7H7O.2C2H5O/c8-6-7-4-2-1-3-5-7;2*1-2-3/h1-5H,6H2;2*2H2,1H3. The summed E-state index contributed by atoms with van der Waals surface area (Å²) in [5.74, 6) is 0. The Balaban J connectivity index is 0. The average Bonchev–Trinajstić information content (AvgIpc) is 2.21. The van der Waals surface area contributed by atoms with Gasteiger partial charge in [0, 0.05) is 0 Å². The zero-order valence-electron chi connectivity index (χ0n) is 8.73. The highest BCUT2D eigenvalue weighted by Crippen LogP contribution is 1.95. The molecule has 3 nitrogen and oxygen atoms in total. The van der Waals surface area contributed by atoms with Crippen LogP contribution in [-0.4, -0.2) is 13.2 Å². The van der Waals surface area contributed by atoms with E-state index >= 15 is 0 Å². The molecule has 0 aliphatic heterocycles. The van der Waals surface area contributed by atoms with E-state index in [0.717, 1.165) is 5.56 Å². The van der Waals surface area contributed by atoms with E-state index in [1.165, 1.54) is 0 Å². The molecular formula is C11H17O3. The summed E-state index contributed by atoms with van der Waals surface area (Å²) >= 11 is 0. The van der Waals surface area contributed by atoms with Gasteiger partial charge in [0.05, 0.1) is 13.2 Å². The lowest BCUT2D eigenvalue weighted by Crippen LogP contribution is -1.75. The highest BCUT2D eigenvalue weighted by molar-refractivity contribution is 5.12. The Hall–Kier alpha value is -0.900. The fraction of sp³-hybridized carbons (Fsp3) is 0.455. The van der Waals surface area contributed by atoms with Gasteiger partial charge in [0.25, 0.3) is 0 Å². The predicted octanol–water partition coefficient (Wildman–Crippen LogP) is 2.49. The zero-order chi connectivity index (χ0) is 11.2. The molecule has 0 bridgehead atoms. The SMILES string of the molecule is CC[O].CC[O].[O]Cc1ccccc1. The maximum absolute atomic E-state index is 10.1. The summed E-state index contributed by atoms with van der Waals surface area (Å²) < 4.78 is 0. The van der Waals surface area contributed by atoms with Crippen LogP contribution in [0.15, 0.2) is 30.3 Å². The van der Waals surface area contributed by atoms with Crippen LogP contribution in [0.25, 0.3) is 0 Å². The van der Waals surface area contributed by atoms with E-state index in [0.29, 0.717) is 0 Å². The quantitative estimate of drug-likeness (QED) is 0.664. The van der Waals surface area contributed by atoms with E-state index in [-0.39, 0.29) is 19.8 Å². The van der Waals surface area contributed by atoms with Crippen molar-refractivity contribution in [1.82, 2.24) is 0 Å². The van der Waals surface area contributed by atoms with Gasteiger partial charge in [-0.05, 0) is 19.4 Å². The summed E-state index contributed by atoms with van der Waals surface area (Å²) in [6.07, 6.45) is 0. The highest BCUT2D eigenvalue weighted by Gasteiger charge is 1.82. The lowest BCUT2D eigenvalue weighted by atomic mass is 10.2. The summed E-state index contributed by atoms with van der Waals surface area (Å²) in [6.45, 7) is 3.03. The molecule has 0 aromatic heterocycles. The first-order valence-corrected chi connectivity index (χ1v) is 4.54. The average molecular weight is 197 g/mol. The Morgan fingerprint density at radius 1 is 0.857 bits per heavy atom. The van der Waals surface area contributed by atoms with Gasteiger partial charge >= 0.3 is 0 Å². The third kappa shape index (κ3) is 13.7. The maximum Gasteiger partial charge on any atom is 0.107 e. The van der Waals surface area contributed by atoms with Crippen LogP contribution in [-0.2, 0) is 21.9 Å². The number of hydrogen-bond donors (Lipinski definition) is 0. The molecule has 0 unspecified atom stereocenters. The lowest BCUT2D eigenvalue weighted by Gasteiger charge is -1.87. The summed E-state index contributed by atoms with van der Waals surface area (Å²) in [7, 11) is 0. The van der Waals surface area contributed by atoms with E-state index in [4.69, 9.17) is 10.2 Å². The van der Waals surface area contributed by atoms with Crippen molar-refractivity contribution in [3.05, 3.63) is 35.9 Å². The van der Waals surface area contributed by atoms with Crippen molar-refractivity contribution in [3.8, 4) is 0 Å². The largest absolute Gasteiger partial charge is 0.237 e. The zero-order valence-corrected chi connectivity index (χ0v) is 8.73. The molecule has 0 aliphatic rings. The molecule has 0 saturated heterocycles. The normalized spacial score (nSPS) is 7.79. The molecule has 0 aliphatic carbocycles. The first-order valence-electron chi connectivity index (χ1n) is 4.54. The van der Waals surface area contributed by atoms with Crippen molar-refractivity contribution < 1.29 is 15.3 Å². The summed E-state index contributed by atoms with van der Waals surface area (Å²) in [4.78, 5) is 0. The third-order valence-corrected chi connectivity index (χ3v) is 1.01. The van der Waals surface area contributed by atoms with Crippen LogP contribution in [0, 0.1) is 0 Å². The summed E-state index contributed by atoms with van der Waals surface area (Å²) in [6, 6.07) is 9.29. The second-order valence-electron chi connectivity index (χ2n) is 2.21. The minimum absolute atomic E-state index is 0. The Labute approximate surface area is 85.7 Å². The van der Waals surface area contributed by atoms with Gasteiger partial charge in [-0.25, -0.2) is 15.3 Å². The van der Waals surface area contributed by atoms with Crippen LogP contribution in [0.1, 0.15) is 19.4 Å². The van der Waals surface area contributed by atoms with Crippen molar-refractivity contribution in [2.45, 2.75) is 20.5 Å². The molecule has 0 spiro atoms. The van der Waals surface area contributed by atoms with E-state index in [1.54, 1.807) is 13.8 Å². The van der Waals surface area contributed by atoms with Crippen LogP contribution >= 0.6 is 0 Å². The molecule has 3 radical (unpaired) electrons. The van der Waals surface area contributed by atoms with Crippen LogP contribution in [0.4, 0.5) is 0 Å². The molecule has 0 fully saturated rings. The van der Waals surface area contributed by atoms with Crippen LogP contribution in [0.2, 0.25) is 0 Å². The predicted molar refractivity (Wildman–Crippen MR) is 53.3 cm³/mol. The minimum atomic E-state index is -0.110. The van der Waals surface area contributed by atoms with Crippen molar-refractivity contribution in [2.75, 3.05) is 13.2 Å². The molecule has 0 heterocycles. The second-order valence-corrected chi connectivity index (χ2v) is 2.21. The number of rotatable bonds is 1. The number of hydrogen-bond acceptors (Lipinski definition) is 0. The minimum Gasteiger partial charge on any atom is -0.237 e. The van der Waals surface area contributed by atoms with Crippen molar-refractivity contribution in [1.29, 1.82) is 0 Å². The first kappa shape index (κ1) is 15.6. The highest BCUT2D eigenvalue weighted by atomic mass is 16.3. The van der Waals surface area contributed by atoms with Crippen LogP contribution in [0.3, 0.4) is 0 Å². The third-order valence-electron chi connectivity index (χ3n) is 1.01. The monoisotopic (exact) mass is 197 g/mol. The molecule has 14 heavy (non-hydrogen) atoms.